The van der Waals surface area contributed by atoms with Gasteiger partial charge in [-0.2, -0.15) is 0 Å². The second kappa shape index (κ2) is 7.21. The van der Waals surface area contributed by atoms with Gasteiger partial charge in [-0.3, -0.25) is 4.90 Å². The van der Waals surface area contributed by atoms with Gasteiger partial charge in [-0.15, -0.1) is 0 Å². The number of hydrogen-bond donors (Lipinski definition) is 1. The zero-order valence-electron chi connectivity index (χ0n) is 13.2. The summed E-state index contributed by atoms with van der Waals surface area (Å²) >= 11 is 0. The van der Waals surface area contributed by atoms with Crippen LogP contribution in [0.2, 0.25) is 0 Å². The molecule has 1 saturated heterocycles. The monoisotopic (exact) mass is 276 g/mol. The number of morpholine rings is 1. The molecule has 0 saturated carbocycles. The number of rotatable bonds is 5. The average molecular weight is 276 g/mol. The first-order chi connectivity index (χ1) is 9.58. The van der Waals surface area contributed by atoms with Crippen molar-refractivity contribution in [3.8, 4) is 0 Å². The summed E-state index contributed by atoms with van der Waals surface area (Å²) < 4.78 is 5.82. The minimum atomic E-state index is 0.332. The minimum absolute atomic E-state index is 0.332. The number of aryl methyl sites for hydroxylation is 1. The van der Waals surface area contributed by atoms with Gasteiger partial charge in [-0.1, -0.05) is 36.8 Å². The highest BCUT2D eigenvalue weighted by Crippen LogP contribution is 2.18. The van der Waals surface area contributed by atoms with Gasteiger partial charge in [0.15, 0.2) is 0 Å². The van der Waals surface area contributed by atoms with E-state index < -0.39 is 0 Å². The van der Waals surface area contributed by atoms with Gasteiger partial charge in [0.25, 0.3) is 0 Å². The highest BCUT2D eigenvalue weighted by molar-refractivity contribution is 5.24. The Morgan fingerprint density at radius 1 is 1.20 bits per heavy atom. The van der Waals surface area contributed by atoms with Crippen LogP contribution in [0.15, 0.2) is 24.3 Å². The molecule has 1 heterocycles. The summed E-state index contributed by atoms with van der Waals surface area (Å²) in [5.74, 6) is 0. The highest BCUT2D eigenvalue weighted by atomic mass is 16.5. The van der Waals surface area contributed by atoms with Gasteiger partial charge in [0, 0.05) is 25.7 Å². The molecular formula is C17H28N2O. The standard InChI is InChI=1S/C17H28N2O/c1-5-18-17(16-8-6-13(2)7-9-16)12-19-10-14(3)20-15(4)11-19/h6-9,14-15,17-18H,5,10-12H2,1-4H3/t14-,15+,17?. The molecule has 1 unspecified atom stereocenters. The average Bonchev–Trinajstić information content (AvgIpc) is 2.38. The molecule has 0 amide bonds. The lowest BCUT2D eigenvalue weighted by Crippen LogP contribution is -2.48. The molecule has 20 heavy (non-hydrogen) atoms. The van der Waals surface area contributed by atoms with E-state index in [-0.39, 0.29) is 0 Å². The van der Waals surface area contributed by atoms with E-state index in [1.165, 1.54) is 11.1 Å². The summed E-state index contributed by atoms with van der Waals surface area (Å²) in [4.78, 5) is 2.52. The fraction of sp³-hybridized carbons (Fsp3) is 0.647. The van der Waals surface area contributed by atoms with Crippen LogP contribution >= 0.6 is 0 Å². The van der Waals surface area contributed by atoms with Crippen molar-refractivity contribution in [2.75, 3.05) is 26.2 Å². The summed E-state index contributed by atoms with van der Waals surface area (Å²) in [6, 6.07) is 9.29. The molecule has 1 aromatic carbocycles. The Bertz CT molecular complexity index is 394. The van der Waals surface area contributed by atoms with Crippen molar-refractivity contribution in [2.24, 2.45) is 0 Å². The first kappa shape index (κ1) is 15.5. The van der Waals surface area contributed by atoms with E-state index >= 15 is 0 Å². The molecule has 112 valence electrons. The second-order valence-corrected chi connectivity index (χ2v) is 6.00. The number of ether oxygens (including phenoxy) is 1. The zero-order valence-corrected chi connectivity index (χ0v) is 13.2. The van der Waals surface area contributed by atoms with Gasteiger partial charge in [0.1, 0.15) is 0 Å². The number of likely N-dealkylation sites (N-methyl/N-ethyl adjacent to an activating group) is 1. The molecule has 3 nitrogen and oxygen atoms in total. The maximum atomic E-state index is 5.82. The van der Waals surface area contributed by atoms with Gasteiger partial charge in [0.2, 0.25) is 0 Å². The molecule has 1 aromatic rings. The number of benzene rings is 1. The molecule has 0 spiro atoms. The Kier molecular flexibility index (Phi) is 5.58. The van der Waals surface area contributed by atoms with Gasteiger partial charge < -0.3 is 10.1 Å². The lowest BCUT2D eigenvalue weighted by Gasteiger charge is -2.37. The van der Waals surface area contributed by atoms with Gasteiger partial charge in [-0.25, -0.2) is 0 Å². The van der Waals surface area contributed by atoms with Crippen molar-refractivity contribution in [3.05, 3.63) is 35.4 Å². The smallest absolute Gasteiger partial charge is 0.0678 e. The third-order valence-corrected chi connectivity index (χ3v) is 3.87. The Labute approximate surface area is 123 Å². The number of nitrogens with zero attached hydrogens (tertiary/aromatic N) is 1. The maximum absolute atomic E-state index is 5.82. The van der Waals surface area contributed by atoms with Crippen molar-refractivity contribution in [1.29, 1.82) is 0 Å². The molecule has 2 rings (SSSR count). The van der Waals surface area contributed by atoms with Crippen LogP contribution in [0, 0.1) is 6.92 Å². The lowest BCUT2D eigenvalue weighted by molar-refractivity contribution is -0.0699. The fourth-order valence-corrected chi connectivity index (χ4v) is 3.02. The van der Waals surface area contributed by atoms with Crippen molar-refractivity contribution in [3.63, 3.8) is 0 Å². The summed E-state index contributed by atoms with van der Waals surface area (Å²) in [5.41, 5.74) is 2.70. The molecule has 0 radical (unpaired) electrons. The molecule has 1 fully saturated rings. The Hall–Kier alpha value is -0.900. The van der Waals surface area contributed by atoms with Gasteiger partial charge in [-0.05, 0) is 32.9 Å². The predicted octanol–water partition coefficient (Wildman–Crippen LogP) is 2.75. The van der Waals surface area contributed by atoms with E-state index in [1.54, 1.807) is 0 Å². The second-order valence-electron chi connectivity index (χ2n) is 6.00. The highest BCUT2D eigenvalue weighted by Gasteiger charge is 2.24. The van der Waals surface area contributed by atoms with Crippen LogP contribution in [0.3, 0.4) is 0 Å². The lowest BCUT2D eigenvalue weighted by atomic mass is 10.0. The summed E-state index contributed by atoms with van der Waals surface area (Å²) in [6.07, 6.45) is 0.665. The van der Waals surface area contributed by atoms with E-state index in [9.17, 15) is 0 Å². The number of hydrogen-bond acceptors (Lipinski definition) is 3. The van der Waals surface area contributed by atoms with Crippen LogP contribution < -0.4 is 5.32 Å². The van der Waals surface area contributed by atoms with Crippen LogP contribution in [0.25, 0.3) is 0 Å². The summed E-state index contributed by atoms with van der Waals surface area (Å²) in [5, 5.41) is 3.61. The largest absolute Gasteiger partial charge is 0.373 e. The third-order valence-electron chi connectivity index (χ3n) is 3.87. The van der Waals surface area contributed by atoms with Crippen LogP contribution in [-0.4, -0.2) is 43.3 Å². The van der Waals surface area contributed by atoms with Crippen molar-refractivity contribution >= 4 is 0 Å². The molecular weight excluding hydrogens is 248 g/mol. The molecule has 1 N–H and O–H groups in total. The van der Waals surface area contributed by atoms with Gasteiger partial charge >= 0.3 is 0 Å². The number of nitrogens with one attached hydrogen (secondary N) is 1. The molecule has 0 aromatic heterocycles. The Morgan fingerprint density at radius 3 is 2.35 bits per heavy atom. The quantitative estimate of drug-likeness (QED) is 0.895. The Morgan fingerprint density at radius 2 is 1.80 bits per heavy atom. The molecule has 0 bridgehead atoms. The van der Waals surface area contributed by atoms with E-state index in [1.807, 2.05) is 0 Å². The van der Waals surface area contributed by atoms with Crippen LogP contribution in [-0.2, 0) is 4.74 Å². The molecule has 3 heteroatoms. The first-order valence-electron chi connectivity index (χ1n) is 7.76. The Balaban J connectivity index is 2.03. The van der Waals surface area contributed by atoms with Crippen molar-refractivity contribution in [1.82, 2.24) is 10.2 Å². The van der Waals surface area contributed by atoms with Crippen molar-refractivity contribution < 1.29 is 4.74 Å². The fourth-order valence-electron chi connectivity index (χ4n) is 3.02. The van der Waals surface area contributed by atoms with Crippen LogP contribution in [0.4, 0.5) is 0 Å². The van der Waals surface area contributed by atoms with Gasteiger partial charge in [0.05, 0.1) is 12.2 Å². The van der Waals surface area contributed by atoms with E-state index in [2.05, 4.69) is 62.2 Å². The normalized spacial score (nSPS) is 25.6. The zero-order chi connectivity index (χ0) is 14.5. The topological polar surface area (TPSA) is 24.5 Å². The summed E-state index contributed by atoms with van der Waals surface area (Å²) in [7, 11) is 0. The van der Waals surface area contributed by atoms with Crippen LogP contribution in [0.1, 0.15) is 37.9 Å². The maximum Gasteiger partial charge on any atom is 0.0678 e. The van der Waals surface area contributed by atoms with E-state index in [0.29, 0.717) is 18.2 Å². The van der Waals surface area contributed by atoms with E-state index in [4.69, 9.17) is 4.74 Å². The SMILES string of the molecule is CCNC(CN1C[C@@H](C)O[C@@H](C)C1)c1ccc(C)cc1. The molecule has 3 atom stereocenters. The molecule has 1 aliphatic heterocycles. The first-order valence-corrected chi connectivity index (χ1v) is 7.76. The molecule has 1 aliphatic rings. The predicted molar refractivity (Wildman–Crippen MR) is 84.0 cm³/mol. The third kappa shape index (κ3) is 4.30. The minimum Gasteiger partial charge on any atom is -0.373 e. The van der Waals surface area contributed by atoms with E-state index in [0.717, 1.165) is 26.2 Å². The molecule has 0 aliphatic carbocycles. The van der Waals surface area contributed by atoms with Crippen LogP contribution in [0.5, 0.6) is 0 Å². The summed E-state index contributed by atoms with van der Waals surface area (Å²) in [6.45, 7) is 12.7. The van der Waals surface area contributed by atoms with Crippen molar-refractivity contribution in [2.45, 2.75) is 45.9 Å².